The Morgan fingerprint density at radius 1 is 1.19 bits per heavy atom. The predicted octanol–water partition coefficient (Wildman–Crippen LogP) is -0.0602. The molecule has 1 unspecified atom stereocenters. The van der Waals surface area contributed by atoms with Crippen LogP contribution in [0.4, 0.5) is 4.79 Å². The zero-order valence-corrected chi connectivity index (χ0v) is 13.1. The summed E-state index contributed by atoms with van der Waals surface area (Å²) in [5.41, 5.74) is -0.682. The van der Waals surface area contributed by atoms with Crippen molar-refractivity contribution in [1.29, 1.82) is 0 Å². The molecule has 122 valence electrons. The highest BCUT2D eigenvalue weighted by Crippen LogP contribution is 2.06. The third kappa shape index (κ3) is 8.13. The zero-order chi connectivity index (χ0) is 16.6. The first kappa shape index (κ1) is 19.2. The average molecular weight is 304 g/mol. The monoisotopic (exact) mass is 304 g/mol. The minimum absolute atomic E-state index is 0.136. The van der Waals surface area contributed by atoms with Gasteiger partial charge in [-0.05, 0) is 34.6 Å². The van der Waals surface area contributed by atoms with Crippen LogP contribution < -0.4 is 10.6 Å². The van der Waals surface area contributed by atoms with Gasteiger partial charge in [-0.2, -0.15) is 0 Å². The van der Waals surface area contributed by atoms with Gasteiger partial charge in [-0.25, -0.2) is 9.59 Å². The standard InChI is InChI=1S/C13H24N2O6/c1-6-20-11(18)9(7-16)15-10(17)8(2)14-12(19)21-13(3,4)5/h8-9,16H,6-7H2,1-5H3,(H,14,19)(H,15,17)/t8-,9?/m0/s1. The molecular formula is C13H24N2O6. The van der Waals surface area contributed by atoms with Crippen LogP contribution in [0.3, 0.4) is 0 Å². The van der Waals surface area contributed by atoms with Gasteiger partial charge in [0.1, 0.15) is 11.6 Å². The number of nitrogens with one attached hydrogen (secondary N) is 2. The van der Waals surface area contributed by atoms with Crippen molar-refractivity contribution in [2.24, 2.45) is 0 Å². The molecule has 0 heterocycles. The van der Waals surface area contributed by atoms with Gasteiger partial charge in [-0.1, -0.05) is 0 Å². The third-order valence-electron chi connectivity index (χ3n) is 2.20. The SMILES string of the molecule is CCOC(=O)C(CO)NC(=O)[C@H](C)NC(=O)OC(C)(C)C. The Morgan fingerprint density at radius 3 is 2.19 bits per heavy atom. The molecular weight excluding hydrogens is 280 g/mol. The van der Waals surface area contributed by atoms with E-state index >= 15 is 0 Å². The van der Waals surface area contributed by atoms with E-state index in [0.717, 1.165) is 0 Å². The van der Waals surface area contributed by atoms with Gasteiger partial charge in [0.05, 0.1) is 13.2 Å². The van der Waals surface area contributed by atoms with Crippen LogP contribution in [0.2, 0.25) is 0 Å². The van der Waals surface area contributed by atoms with Crippen LogP contribution in [-0.4, -0.2) is 54.0 Å². The summed E-state index contributed by atoms with van der Waals surface area (Å²) in [5.74, 6) is -1.37. The van der Waals surface area contributed by atoms with Crippen molar-refractivity contribution in [2.45, 2.75) is 52.3 Å². The maximum Gasteiger partial charge on any atom is 0.408 e. The molecule has 8 heteroatoms. The number of amides is 2. The van der Waals surface area contributed by atoms with Crippen LogP contribution in [0, 0.1) is 0 Å². The molecule has 0 fully saturated rings. The summed E-state index contributed by atoms with van der Waals surface area (Å²) in [7, 11) is 0. The van der Waals surface area contributed by atoms with E-state index in [4.69, 9.17) is 14.6 Å². The molecule has 0 saturated carbocycles. The van der Waals surface area contributed by atoms with Gasteiger partial charge < -0.3 is 25.2 Å². The number of ether oxygens (including phenoxy) is 2. The molecule has 8 nitrogen and oxygen atoms in total. The van der Waals surface area contributed by atoms with E-state index in [-0.39, 0.29) is 6.61 Å². The second-order valence-corrected chi connectivity index (χ2v) is 5.36. The Balaban J connectivity index is 4.43. The molecule has 3 N–H and O–H groups in total. The van der Waals surface area contributed by atoms with Crippen LogP contribution in [0.25, 0.3) is 0 Å². The largest absolute Gasteiger partial charge is 0.464 e. The fourth-order valence-corrected chi connectivity index (χ4v) is 1.27. The average Bonchev–Trinajstić information content (AvgIpc) is 2.33. The molecule has 0 rings (SSSR count). The highest BCUT2D eigenvalue weighted by molar-refractivity contribution is 5.89. The van der Waals surface area contributed by atoms with E-state index in [0.29, 0.717) is 0 Å². The number of esters is 1. The summed E-state index contributed by atoms with van der Waals surface area (Å²) in [5, 5.41) is 13.7. The van der Waals surface area contributed by atoms with Crippen LogP contribution in [0.5, 0.6) is 0 Å². The summed E-state index contributed by atoms with van der Waals surface area (Å²) < 4.78 is 9.70. The number of hydrogen-bond donors (Lipinski definition) is 3. The maximum absolute atomic E-state index is 11.8. The topological polar surface area (TPSA) is 114 Å². The summed E-state index contributed by atoms with van der Waals surface area (Å²) in [6.07, 6.45) is -0.748. The summed E-state index contributed by atoms with van der Waals surface area (Å²) in [4.78, 5) is 34.8. The number of alkyl carbamates (subject to hydrolysis) is 1. The van der Waals surface area contributed by atoms with Crippen molar-refractivity contribution in [3.8, 4) is 0 Å². The molecule has 2 atom stereocenters. The molecule has 0 aromatic rings. The van der Waals surface area contributed by atoms with Crippen molar-refractivity contribution in [1.82, 2.24) is 10.6 Å². The molecule has 0 aromatic carbocycles. The normalized spacial score (nSPS) is 13.8. The van der Waals surface area contributed by atoms with Crippen molar-refractivity contribution >= 4 is 18.0 Å². The molecule has 0 saturated heterocycles. The van der Waals surface area contributed by atoms with Gasteiger partial charge in [0, 0.05) is 0 Å². The Morgan fingerprint density at radius 2 is 1.76 bits per heavy atom. The summed E-state index contributed by atoms with van der Waals surface area (Å²) >= 11 is 0. The molecule has 0 aliphatic rings. The van der Waals surface area contributed by atoms with E-state index in [2.05, 4.69) is 10.6 Å². The third-order valence-corrected chi connectivity index (χ3v) is 2.20. The first-order valence-corrected chi connectivity index (χ1v) is 6.68. The minimum Gasteiger partial charge on any atom is -0.464 e. The Kier molecular flexibility index (Phi) is 7.72. The molecule has 21 heavy (non-hydrogen) atoms. The fraction of sp³-hybridized carbons (Fsp3) is 0.769. The number of rotatable bonds is 6. The fourth-order valence-electron chi connectivity index (χ4n) is 1.27. The first-order valence-electron chi connectivity index (χ1n) is 6.68. The van der Waals surface area contributed by atoms with Crippen molar-refractivity contribution in [3.63, 3.8) is 0 Å². The lowest BCUT2D eigenvalue weighted by atomic mass is 10.2. The van der Waals surface area contributed by atoms with Gasteiger partial charge in [-0.3, -0.25) is 4.79 Å². The van der Waals surface area contributed by atoms with E-state index < -0.39 is 42.3 Å². The lowest BCUT2D eigenvalue weighted by molar-refractivity contribution is -0.148. The predicted molar refractivity (Wildman–Crippen MR) is 74.5 cm³/mol. The van der Waals surface area contributed by atoms with Crippen LogP contribution >= 0.6 is 0 Å². The molecule has 2 amide bonds. The number of carbonyl (C=O) groups excluding carboxylic acids is 3. The highest BCUT2D eigenvalue weighted by Gasteiger charge is 2.26. The van der Waals surface area contributed by atoms with E-state index in [1.54, 1.807) is 27.7 Å². The van der Waals surface area contributed by atoms with E-state index in [9.17, 15) is 14.4 Å². The number of aliphatic hydroxyl groups excluding tert-OH is 1. The first-order chi connectivity index (χ1) is 9.60. The smallest absolute Gasteiger partial charge is 0.408 e. The van der Waals surface area contributed by atoms with Crippen molar-refractivity contribution in [2.75, 3.05) is 13.2 Å². The maximum atomic E-state index is 11.8. The zero-order valence-electron chi connectivity index (χ0n) is 13.1. The Bertz CT molecular complexity index is 377. The molecule has 0 aromatic heterocycles. The number of aliphatic hydroxyl groups is 1. The Hall–Kier alpha value is -1.83. The molecule has 0 radical (unpaired) electrons. The van der Waals surface area contributed by atoms with Gasteiger partial charge in [-0.15, -0.1) is 0 Å². The van der Waals surface area contributed by atoms with E-state index in [1.807, 2.05) is 0 Å². The van der Waals surface area contributed by atoms with Gasteiger partial charge >= 0.3 is 12.1 Å². The quantitative estimate of drug-likeness (QED) is 0.592. The molecule has 0 bridgehead atoms. The van der Waals surface area contributed by atoms with Crippen molar-refractivity contribution in [3.05, 3.63) is 0 Å². The lowest BCUT2D eigenvalue weighted by Gasteiger charge is -2.22. The second-order valence-electron chi connectivity index (χ2n) is 5.36. The van der Waals surface area contributed by atoms with E-state index in [1.165, 1.54) is 6.92 Å². The minimum atomic E-state index is -1.17. The Labute approximate surface area is 124 Å². The van der Waals surface area contributed by atoms with Gasteiger partial charge in [0.2, 0.25) is 5.91 Å². The number of hydrogen-bond acceptors (Lipinski definition) is 6. The van der Waals surface area contributed by atoms with Gasteiger partial charge in [0.15, 0.2) is 6.04 Å². The second kappa shape index (κ2) is 8.46. The van der Waals surface area contributed by atoms with Crippen LogP contribution in [-0.2, 0) is 19.1 Å². The van der Waals surface area contributed by atoms with Crippen LogP contribution in [0.15, 0.2) is 0 Å². The highest BCUT2D eigenvalue weighted by atomic mass is 16.6. The summed E-state index contributed by atoms with van der Waals surface area (Å²) in [6.45, 7) is 7.67. The summed E-state index contributed by atoms with van der Waals surface area (Å²) in [6, 6.07) is -2.09. The lowest BCUT2D eigenvalue weighted by Crippen LogP contribution is -2.52. The molecule has 0 aliphatic carbocycles. The number of carbonyl (C=O) groups is 3. The molecule has 0 aliphatic heterocycles. The molecule has 0 spiro atoms. The van der Waals surface area contributed by atoms with Gasteiger partial charge in [0.25, 0.3) is 0 Å². The van der Waals surface area contributed by atoms with Crippen molar-refractivity contribution < 1.29 is 29.0 Å². The van der Waals surface area contributed by atoms with Crippen LogP contribution in [0.1, 0.15) is 34.6 Å².